The molecule has 1 amide bonds. The van der Waals surface area contributed by atoms with Crippen molar-refractivity contribution < 1.29 is 9.21 Å². The van der Waals surface area contributed by atoms with Crippen LogP contribution in [-0.2, 0) is 0 Å². The molecule has 0 aliphatic carbocycles. The molecule has 5 rings (SSSR count). The standard InChI is InChI=1S/C22H21N5O2/c1-14-10-19(15(2)29-14)22(28)26-9-7-18(12-26)21-24-20-6-5-17(13-27(20)25-21)16-4-3-8-23-11-16/h3-6,8,10-11,13,18H,7,9,12H2,1-2H3. The van der Waals surface area contributed by atoms with Gasteiger partial charge in [-0.2, -0.15) is 5.10 Å². The van der Waals surface area contributed by atoms with Crippen molar-refractivity contribution in [3.63, 3.8) is 0 Å². The number of rotatable bonds is 3. The van der Waals surface area contributed by atoms with E-state index in [2.05, 4.69) is 4.98 Å². The number of carbonyl (C=O) groups excluding carboxylic acids is 1. The van der Waals surface area contributed by atoms with Gasteiger partial charge in [0, 0.05) is 48.7 Å². The topological polar surface area (TPSA) is 76.5 Å². The summed E-state index contributed by atoms with van der Waals surface area (Å²) in [5.74, 6) is 2.36. The van der Waals surface area contributed by atoms with E-state index in [1.165, 1.54) is 0 Å². The van der Waals surface area contributed by atoms with E-state index in [1.807, 2.05) is 66.0 Å². The molecule has 1 saturated heterocycles. The average molecular weight is 387 g/mol. The molecule has 29 heavy (non-hydrogen) atoms. The van der Waals surface area contributed by atoms with Gasteiger partial charge in [0.05, 0.1) is 5.56 Å². The van der Waals surface area contributed by atoms with E-state index in [9.17, 15) is 4.79 Å². The van der Waals surface area contributed by atoms with Crippen LogP contribution in [0.2, 0.25) is 0 Å². The number of hydrogen-bond acceptors (Lipinski definition) is 5. The molecule has 1 aliphatic heterocycles. The molecule has 0 N–H and O–H groups in total. The smallest absolute Gasteiger partial charge is 0.257 e. The maximum atomic E-state index is 12.8. The molecule has 4 aromatic heterocycles. The van der Waals surface area contributed by atoms with Crippen LogP contribution >= 0.6 is 0 Å². The zero-order valence-electron chi connectivity index (χ0n) is 16.4. The van der Waals surface area contributed by atoms with Crippen molar-refractivity contribution in [1.82, 2.24) is 24.5 Å². The maximum Gasteiger partial charge on any atom is 0.257 e. The number of fused-ring (bicyclic) bond motifs is 1. The lowest BCUT2D eigenvalue weighted by Gasteiger charge is -2.15. The van der Waals surface area contributed by atoms with Gasteiger partial charge in [0.25, 0.3) is 5.91 Å². The van der Waals surface area contributed by atoms with E-state index in [0.717, 1.165) is 34.8 Å². The molecule has 7 heteroatoms. The van der Waals surface area contributed by atoms with Crippen LogP contribution in [0.5, 0.6) is 0 Å². The number of pyridine rings is 2. The fourth-order valence-electron chi connectivity index (χ4n) is 3.95. The molecule has 146 valence electrons. The lowest BCUT2D eigenvalue weighted by molar-refractivity contribution is 0.0789. The second-order valence-corrected chi connectivity index (χ2v) is 7.50. The predicted octanol–water partition coefficient (Wildman–Crippen LogP) is 3.63. The molecule has 0 spiro atoms. The molecule has 1 fully saturated rings. The van der Waals surface area contributed by atoms with Gasteiger partial charge in [-0.05, 0) is 44.5 Å². The van der Waals surface area contributed by atoms with Gasteiger partial charge in [-0.25, -0.2) is 9.50 Å². The number of aryl methyl sites for hydroxylation is 2. The minimum atomic E-state index is 0.0180. The quantitative estimate of drug-likeness (QED) is 0.536. The second kappa shape index (κ2) is 6.84. The highest BCUT2D eigenvalue weighted by atomic mass is 16.3. The third kappa shape index (κ3) is 3.18. The Morgan fingerprint density at radius 1 is 1.21 bits per heavy atom. The molecule has 7 nitrogen and oxygen atoms in total. The Balaban J connectivity index is 1.37. The van der Waals surface area contributed by atoms with Gasteiger partial charge in [-0.15, -0.1) is 0 Å². The highest BCUT2D eigenvalue weighted by Gasteiger charge is 2.31. The minimum absolute atomic E-state index is 0.0180. The van der Waals surface area contributed by atoms with Gasteiger partial charge in [0.15, 0.2) is 11.5 Å². The van der Waals surface area contributed by atoms with E-state index >= 15 is 0 Å². The van der Waals surface area contributed by atoms with Gasteiger partial charge in [-0.1, -0.05) is 6.07 Å². The summed E-state index contributed by atoms with van der Waals surface area (Å²) >= 11 is 0. The molecule has 0 saturated carbocycles. The van der Waals surface area contributed by atoms with Crippen LogP contribution in [0.25, 0.3) is 16.8 Å². The highest BCUT2D eigenvalue weighted by molar-refractivity contribution is 5.95. The van der Waals surface area contributed by atoms with Crippen LogP contribution in [0, 0.1) is 13.8 Å². The highest BCUT2D eigenvalue weighted by Crippen LogP contribution is 2.28. The molecule has 1 unspecified atom stereocenters. The van der Waals surface area contributed by atoms with Crippen molar-refractivity contribution in [2.24, 2.45) is 0 Å². The largest absolute Gasteiger partial charge is 0.466 e. The van der Waals surface area contributed by atoms with Crippen LogP contribution in [-0.4, -0.2) is 43.5 Å². The second-order valence-electron chi connectivity index (χ2n) is 7.50. The van der Waals surface area contributed by atoms with Gasteiger partial charge in [0.1, 0.15) is 11.5 Å². The zero-order chi connectivity index (χ0) is 20.0. The van der Waals surface area contributed by atoms with E-state index in [-0.39, 0.29) is 11.8 Å². The number of nitrogens with zero attached hydrogens (tertiary/aromatic N) is 5. The summed E-state index contributed by atoms with van der Waals surface area (Å²) in [7, 11) is 0. The summed E-state index contributed by atoms with van der Waals surface area (Å²) in [6.45, 7) is 5.01. The number of aromatic nitrogens is 4. The van der Waals surface area contributed by atoms with Gasteiger partial charge in [-0.3, -0.25) is 9.78 Å². The van der Waals surface area contributed by atoms with E-state index in [4.69, 9.17) is 14.5 Å². The fraction of sp³-hybridized carbons (Fsp3) is 0.273. The Bertz CT molecular complexity index is 1190. The maximum absolute atomic E-state index is 12.8. The first-order chi connectivity index (χ1) is 14.1. The van der Waals surface area contributed by atoms with Crippen LogP contribution in [0.3, 0.4) is 0 Å². The summed E-state index contributed by atoms with van der Waals surface area (Å²) in [4.78, 5) is 23.6. The van der Waals surface area contributed by atoms with Crippen molar-refractivity contribution in [3.05, 3.63) is 71.8 Å². The summed E-state index contributed by atoms with van der Waals surface area (Å²) in [5, 5.41) is 4.70. The number of carbonyl (C=O) groups is 1. The first-order valence-corrected chi connectivity index (χ1v) is 9.71. The molecule has 0 radical (unpaired) electrons. The Morgan fingerprint density at radius 3 is 2.86 bits per heavy atom. The van der Waals surface area contributed by atoms with E-state index < -0.39 is 0 Å². The Labute approximate surface area is 168 Å². The summed E-state index contributed by atoms with van der Waals surface area (Å²) in [6.07, 6.45) is 6.42. The molecule has 0 bridgehead atoms. The van der Waals surface area contributed by atoms with Crippen molar-refractivity contribution in [2.45, 2.75) is 26.2 Å². The Kier molecular flexibility index (Phi) is 4.16. The first-order valence-electron chi connectivity index (χ1n) is 9.71. The van der Waals surface area contributed by atoms with Crippen molar-refractivity contribution in [1.29, 1.82) is 0 Å². The van der Waals surface area contributed by atoms with Crippen molar-refractivity contribution >= 4 is 11.6 Å². The van der Waals surface area contributed by atoms with Crippen LogP contribution in [0.4, 0.5) is 0 Å². The van der Waals surface area contributed by atoms with Crippen LogP contribution in [0.15, 0.2) is 53.3 Å². The lowest BCUT2D eigenvalue weighted by atomic mass is 10.1. The number of amides is 1. The zero-order valence-corrected chi connectivity index (χ0v) is 16.4. The van der Waals surface area contributed by atoms with Crippen LogP contribution < -0.4 is 0 Å². The fourth-order valence-corrected chi connectivity index (χ4v) is 3.95. The minimum Gasteiger partial charge on any atom is -0.466 e. The number of furan rings is 1. The van der Waals surface area contributed by atoms with Crippen molar-refractivity contribution in [3.8, 4) is 11.1 Å². The van der Waals surface area contributed by atoms with Gasteiger partial charge in [0.2, 0.25) is 0 Å². The Hall–Kier alpha value is -3.48. The van der Waals surface area contributed by atoms with Crippen molar-refractivity contribution in [2.75, 3.05) is 13.1 Å². The number of hydrogen-bond donors (Lipinski definition) is 0. The molecule has 0 aromatic carbocycles. The molecule has 4 aromatic rings. The Morgan fingerprint density at radius 2 is 2.10 bits per heavy atom. The first kappa shape index (κ1) is 17.6. The van der Waals surface area contributed by atoms with Crippen LogP contribution in [0.1, 0.15) is 40.0 Å². The SMILES string of the molecule is Cc1cc(C(=O)N2CCC(c3nc4ccc(-c5cccnc5)cn4n3)C2)c(C)o1. The van der Waals surface area contributed by atoms with E-state index in [0.29, 0.717) is 24.4 Å². The molecular weight excluding hydrogens is 366 g/mol. The summed E-state index contributed by atoms with van der Waals surface area (Å²) < 4.78 is 7.33. The number of likely N-dealkylation sites (tertiary alicyclic amines) is 1. The molecule has 1 aliphatic rings. The summed E-state index contributed by atoms with van der Waals surface area (Å²) in [6, 6.07) is 9.74. The molecule has 5 heterocycles. The van der Waals surface area contributed by atoms with E-state index in [1.54, 1.807) is 6.20 Å². The lowest BCUT2D eigenvalue weighted by Crippen LogP contribution is -2.28. The average Bonchev–Trinajstić information content (AvgIpc) is 3.45. The van der Waals surface area contributed by atoms with Gasteiger partial charge >= 0.3 is 0 Å². The third-order valence-corrected chi connectivity index (χ3v) is 5.45. The normalized spacial score (nSPS) is 16.6. The summed E-state index contributed by atoms with van der Waals surface area (Å²) in [5.41, 5.74) is 3.52. The van der Waals surface area contributed by atoms with Gasteiger partial charge < -0.3 is 9.32 Å². The molecule has 1 atom stereocenters. The predicted molar refractivity (Wildman–Crippen MR) is 108 cm³/mol. The monoisotopic (exact) mass is 387 g/mol. The third-order valence-electron chi connectivity index (χ3n) is 5.45. The molecular formula is C22H21N5O2.